The second-order valence-corrected chi connectivity index (χ2v) is 8.98. The van der Waals surface area contributed by atoms with E-state index >= 15 is 0 Å². The van der Waals surface area contributed by atoms with E-state index < -0.39 is 10.0 Å². The van der Waals surface area contributed by atoms with Gasteiger partial charge in [-0.2, -0.15) is 9.29 Å². The number of hydrogen-bond donors (Lipinski definition) is 1. The minimum Gasteiger partial charge on any atom is -0.473 e. The van der Waals surface area contributed by atoms with Crippen LogP contribution in [0.25, 0.3) is 0 Å². The number of hydrogen-bond acceptors (Lipinski definition) is 6. The van der Waals surface area contributed by atoms with Crippen molar-refractivity contribution in [3.05, 3.63) is 41.9 Å². The van der Waals surface area contributed by atoms with Gasteiger partial charge in [0.05, 0.1) is 11.4 Å². The van der Waals surface area contributed by atoms with E-state index in [1.165, 1.54) is 4.31 Å². The topological polar surface area (TPSA) is 101 Å². The Balaban J connectivity index is 1.75. The van der Waals surface area contributed by atoms with Gasteiger partial charge in [-0.3, -0.25) is 4.79 Å². The number of benzene rings is 1. The molecule has 0 bridgehead atoms. The molecule has 0 spiro atoms. The van der Waals surface area contributed by atoms with E-state index in [2.05, 4.69) is 15.3 Å². The zero-order valence-electron chi connectivity index (χ0n) is 16.9. The van der Waals surface area contributed by atoms with Crippen LogP contribution in [-0.2, 0) is 14.8 Å². The molecule has 2 heterocycles. The predicted molar refractivity (Wildman–Crippen MR) is 109 cm³/mol. The molecule has 29 heavy (non-hydrogen) atoms. The summed E-state index contributed by atoms with van der Waals surface area (Å²) < 4.78 is 33.8. The highest BCUT2D eigenvalue weighted by Crippen LogP contribution is 2.26. The van der Waals surface area contributed by atoms with Crippen LogP contribution in [0.15, 0.2) is 35.4 Å². The Hall–Kier alpha value is -2.52. The van der Waals surface area contributed by atoms with Gasteiger partial charge in [0.2, 0.25) is 21.8 Å². The highest BCUT2D eigenvalue weighted by molar-refractivity contribution is 7.89. The van der Waals surface area contributed by atoms with Gasteiger partial charge < -0.3 is 10.1 Å². The van der Waals surface area contributed by atoms with Crippen LogP contribution < -0.4 is 10.1 Å². The molecule has 9 heteroatoms. The third-order valence-corrected chi connectivity index (χ3v) is 6.80. The lowest BCUT2D eigenvalue weighted by Gasteiger charge is -2.32. The summed E-state index contributed by atoms with van der Waals surface area (Å²) in [6.07, 6.45) is 3.18. The van der Waals surface area contributed by atoms with Crippen molar-refractivity contribution < 1.29 is 17.9 Å². The van der Waals surface area contributed by atoms with Crippen molar-refractivity contribution in [1.29, 1.82) is 0 Å². The molecular weight excluding hydrogens is 392 g/mol. The Labute approximate surface area is 171 Å². The number of anilines is 1. The average Bonchev–Trinajstić information content (AvgIpc) is 2.68. The Morgan fingerprint density at radius 1 is 1.31 bits per heavy atom. The number of amides is 1. The van der Waals surface area contributed by atoms with Crippen LogP contribution in [0.2, 0.25) is 0 Å². The molecule has 8 nitrogen and oxygen atoms in total. The summed E-state index contributed by atoms with van der Waals surface area (Å²) in [5.74, 6) is 0.943. The number of aryl methyl sites for hydroxylation is 2. The first-order chi connectivity index (χ1) is 13.8. The van der Waals surface area contributed by atoms with Gasteiger partial charge in [0, 0.05) is 30.9 Å². The number of rotatable bonds is 6. The van der Waals surface area contributed by atoms with E-state index in [-0.39, 0.29) is 23.5 Å². The lowest BCUT2D eigenvalue weighted by atomic mass is 10.1. The second kappa shape index (κ2) is 8.87. The fourth-order valence-corrected chi connectivity index (χ4v) is 5.01. The Bertz CT molecular complexity index is 994. The van der Waals surface area contributed by atoms with Crippen molar-refractivity contribution in [3.63, 3.8) is 0 Å². The monoisotopic (exact) mass is 418 g/mol. The number of nitrogens with zero attached hydrogens (tertiary/aromatic N) is 3. The van der Waals surface area contributed by atoms with Crippen molar-refractivity contribution in [2.24, 2.45) is 0 Å². The zero-order chi connectivity index (χ0) is 21.0. The SMILES string of the molecule is CCC(=O)Nc1ccc(S(=O)(=O)N2CCCC(Oc3ccnc(C)n3)C2)c(C)c1. The Morgan fingerprint density at radius 3 is 2.79 bits per heavy atom. The molecule has 1 aliphatic rings. The fraction of sp³-hybridized carbons (Fsp3) is 0.450. The molecular formula is C20H26N4O4S. The van der Waals surface area contributed by atoms with E-state index in [1.54, 1.807) is 51.2 Å². The van der Waals surface area contributed by atoms with Gasteiger partial charge in [0.1, 0.15) is 11.9 Å². The lowest BCUT2D eigenvalue weighted by Crippen LogP contribution is -2.44. The number of aromatic nitrogens is 2. The minimum absolute atomic E-state index is 0.115. The van der Waals surface area contributed by atoms with Crippen molar-refractivity contribution in [2.45, 2.75) is 51.0 Å². The highest BCUT2D eigenvalue weighted by Gasteiger charge is 2.32. The molecule has 0 radical (unpaired) electrons. The summed E-state index contributed by atoms with van der Waals surface area (Å²) in [7, 11) is -3.67. The van der Waals surface area contributed by atoms with E-state index in [0.717, 1.165) is 6.42 Å². The van der Waals surface area contributed by atoms with E-state index in [0.29, 0.717) is 42.3 Å². The van der Waals surface area contributed by atoms with Crippen LogP contribution in [0.1, 0.15) is 37.6 Å². The van der Waals surface area contributed by atoms with Gasteiger partial charge in [0.25, 0.3) is 0 Å². The number of ether oxygens (including phenoxy) is 1. The van der Waals surface area contributed by atoms with Crippen molar-refractivity contribution >= 4 is 21.6 Å². The van der Waals surface area contributed by atoms with Gasteiger partial charge >= 0.3 is 0 Å². The maximum absolute atomic E-state index is 13.2. The maximum Gasteiger partial charge on any atom is 0.243 e. The van der Waals surface area contributed by atoms with E-state index in [4.69, 9.17) is 4.74 Å². The lowest BCUT2D eigenvalue weighted by molar-refractivity contribution is -0.115. The molecule has 1 saturated heterocycles. The van der Waals surface area contributed by atoms with E-state index in [1.807, 2.05) is 0 Å². The van der Waals surface area contributed by atoms with Gasteiger partial charge in [0.15, 0.2) is 0 Å². The summed E-state index contributed by atoms with van der Waals surface area (Å²) in [4.78, 5) is 20.1. The summed E-state index contributed by atoms with van der Waals surface area (Å²) in [6, 6.07) is 6.53. The number of nitrogens with one attached hydrogen (secondary N) is 1. The predicted octanol–water partition coefficient (Wildman–Crippen LogP) is 2.67. The van der Waals surface area contributed by atoms with Crippen molar-refractivity contribution in [2.75, 3.05) is 18.4 Å². The number of sulfonamides is 1. The van der Waals surface area contributed by atoms with Crippen LogP contribution in [0.5, 0.6) is 5.88 Å². The Kier molecular flexibility index (Phi) is 6.49. The molecule has 1 N–H and O–H groups in total. The smallest absolute Gasteiger partial charge is 0.243 e. The molecule has 1 unspecified atom stereocenters. The largest absolute Gasteiger partial charge is 0.473 e. The van der Waals surface area contributed by atoms with Gasteiger partial charge in [-0.25, -0.2) is 13.4 Å². The van der Waals surface area contributed by atoms with Crippen LogP contribution >= 0.6 is 0 Å². The van der Waals surface area contributed by atoms with Gasteiger partial charge in [-0.1, -0.05) is 6.92 Å². The Morgan fingerprint density at radius 2 is 2.10 bits per heavy atom. The van der Waals surface area contributed by atoms with Crippen LogP contribution in [0, 0.1) is 13.8 Å². The summed E-state index contributed by atoms with van der Waals surface area (Å²) in [5.41, 5.74) is 1.18. The first-order valence-electron chi connectivity index (χ1n) is 9.66. The molecule has 0 aliphatic carbocycles. The summed E-state index contributed by atoms with van der Waals surface area (Å²) in [5, 5.41) is 2.75. The fourth-order valence-electron chi connectivity index (χ4n) is 3.30. The molecule has 2 aromatic rings. The van der Waals surface area contributed by atoms with Crippen LogP contribution in [0.3, 0.4) is 0 Å². The quantitative estimate of drug-likeness (QED) is 0.774. The molecule has 1 atom stereocenters. The van der Waals surface area contributed by atoms with E-state index in [9.17, 15) is 13.2 Å². The molecule has 1 aliphatic heterocycles. The molecule has 3 rings (SSSR count). The molecule has 156 valence electrons. The normalized spacial score (nSPS) is 17.7. The first kappa shape index (κ1) is 21.2. The second-order valence-electron chi connectivity index (χ2n) is 7.07. The van der Waals surface area contributed by atoms with Gasteiger partial charge in [-0.05, 0) is 50.5 Å². The third-order valence-electron chi connectivity index (χ3n) is 4.78. The van der Waals surface area contributed by atoms with Crippen molar-refractivity contribution in [3.8, 4) is 5.88 Å². The highest BCUT2D eigenvalue weighted by atomic mass is 32.2. The third kappa shape index (κ3) is 5.10. The van der Waals surface area contributed by atoms with Gasteiger partial charge in [-0.15, -0.1) is 0 Å². The minimum atomic E-state index is -3.67. The molecule has 1 fully saturated rings. The summed E-state index contributed by atoms with van der Waals surface area (Å²) in [6.45, 7) is 5.98. The van der Waals surface area contributed by atoms with Crippen molar-refractivity contribution in [1.82, 2.24) is 14.3 Å². The van der Waals surface area contributed by atoms with Crippen LogP contribution in [0.4, 0.5) is 5.69 Å². The average molecular weight is 419 g/mol. The summed E-state index contributed by atoms with van der Waals surface area (Å²) >= 11 is 0. The molecule has 1 aromatic heterocycles. The molecule has 0 saturated carbocycles. The van der Waals surface area contributed by atoms with Crippen LogP contribution in [-0.4, -0.2) is 47.8 Å². The molecule has 1 aromatic carbocycles. The first-order valence-corrected chi connectivity index (χ1v) is 11.1. The zero-order valence-corrected chi connectivity index (χ0v) is 17.7. The number of piperidine rings is 1. The number of carbonyl (C=O) groups is 1. The standard InChI is InChI=1S/C20H26N4O4S/c1-4-19(25)23-16-7-8-18(14(2)12-16)29(26,27)24-11-5-6-17(13-24)28-20-9-10-21-15(3)22-20/h7-10,12,17H,4-6,11,13H2,1-3H3,(H,23,25). The number of carbonyl (C=O) groups excluding carboxylic acids is 1. The maximum atomic E-state index is 13.2. The molecule has 1 amide bonds.